The Kier molecular flexibility index (Phi) is 5.77. The van der Waals surface area contributed by atoms with Gasteiger partial charge < -0.3 is 4.57 Å². The molecule has 1 aliphatic carbocycles. The SMILES string of the molecule is C1=CCc2c(ccc3c2c2c4ccccc4ccc2n3-c2ccc(-c3c4ccccc4c(-c4ccccc4)c4ccccc34)cc2)C1. The molecule has 0 radical (unpaired) electrons. The third kappa shape index (κ3) is 3.90. The zero-order valence-corrected chi connectivity index (χ0v) is 25.9. The molecule has 1 aromatic heterocycles. The average molecular weight is 598 g/mol. The van der Waals surface area contributed by atoms with E-state index in [9.17, 15) is 0 Å². The highest BCUT2D eigenvalue weighted by Crippen LogP contribution is 2.45. The molecule has 0 bridgehead atoms. The van der Waals surface area contributed by atoms with Crippen LogP contribution in [-0.4, -0.2) is 4.57 Å². The summed E-state index contributed by atoms with van der Waals surface area (Å²) in [7, 11) is 0. The summed E-state index contributed by atoms with van der Waals surface area (Å²) in [4.78, 5) is 0. The second-order valence-corrected chi connectivity index (χ2v) is 12.7. The zero-order valence-electron chi connectivity index (χ0n) is 25.9. The van der Waals surface area contributed by atoms with Crippen molar-refractivity contribution in [3.63, 3.8) is 0 Å². The molecule has 0 N–H and O–H groups in total. The van der Waals surface area contributed by atoms with Crippen molar-refractivity contribution in [2.24, 2.45) is 0 Å². The maximum Gasteiger partial charge on any atom is 0.0547 e. The standard InChI is InChI=1S/C46H31N/c1-2-14-32(15-3-1)43-37-18-8-10-20-39(37)44(40-21-11-9-19-38(40)43)33-22-26-34(27-23-33)47-41-28-24-30-12-4-6-16-35(30)45(41)46-36-17-7-5-13-31(36)25-29-42(46)47/h1-12,14-16,18-29H,13,17H2. The van der Waals surface area contributed by atoms with Gasteiger partial charge in [0.1, 0.15) is 0 Å². The lowest BCUT2D eigenvalue weighted by molar-refractivity contribution is 1.10. The van der Waals surface area contributed by atoms with E-state index in [1.807, 2.05) is 0 Å². The number of hydrogen-bond acceptors (Lipinski definition) is 0. The van der Waals surface area contributed by atoms with Gasteiger partial charge in [0.05, 0.1) is 11.0 Å². The van der Waals surface area contributed by atoms with Gasteiger partial charge in [0.2, 0.25) is 0 Å². The molecule has 8 aromatic carbocycles. The van der Waals surface area contributed by atoms with E-state index >= 15 is 0 Å². The number of allylic oxidation sites excluding steroid dienone is 2. The van der Waals surface area contributed by atoms with E-state index in [4.69, 9.17) is 0 Å². The van der Waals surface area contributed by atoms with Crippen molar-refractivity contribution in [1.29, 1.82) is 0 Å². The van der Waals surface area contributed by atoms with E-state index in [1.165, 1.54) is 93.2 Å². The first kappa shape index (κ1) is 26.3. The van der Waals surface area contributed by atoms with Crippen LogP contribution in [0.1, 0.15) is 11.1 Å². The normalized spacial score (nSPS) is 12.9. The largest absolute Gasteiger partial charge is 0.309 e. The van der Waals surface area contributed by atoms with Gasteiger partial charge in [-0.1, -0.05) is 140 Å². The Morgan fingerprint density at radius 1 is 0.383 bits per heavy atom. The highest BCUT2D eigenvalue weighted by atomic mass is 15.0. The second kappa shape index (κ2) is 10.3. The molecular weight excluding hydrogens is 567 g/mol. The molecule has 0 fully saturated rings. The summed E-state index contributed by atoms with van der Waals surface area (Å²) in [6.07, 6.45) is 6.63. The van der Waals surface area contributed by atoms with Gasteiger partial charge in [-0.15, -0.1) is 0 Å². The lowest BCUT2D eigenvalue weighted by atomic mass is 9.86. The summed E-state index contributed by atoms with van der Waals surface area (Å²) in [5.74, 6) is 0. The fourth-order valence-corrected chi connectivity index (χ4v) is 8.23. The van der Waals surface area contributed by atoms with Gasteiger partial charge in [0.15, 0.2) is 0 Å². The molecular formula is C46H31N. The van der Waals surface area contributed by atoms with Gasteiger partial charge in [0.25, 0.3) is 0 Å². The molecule has 0 atom stereocenters. The fourth-order valence-electron chi connectivity index (χ4n) is 8.23. The number of benzene rings is 8. The molecule has 0 saturated heterocycles. The lowest BCUT2D eigenvalue weighted by Crippen LogP contribution is -1.99. The first-order valence-electron chi connectivity index (χ1n) is 16.6. The zero-order chi connectivity index (χ0) is 30.9. The number of fused-ring (bicyclic) bond motifs is 9. The molecule has 1 aliphatic rings. The second-order valence-electron chi connectivity index (χ2n) is 12.7. The monoisotopic (exact) mass is 597 g/mol. The van der Waals surface area contributed by atoms with Gasteiger partial charge in [-0.3, -0.25) is 0 Å². The van der Waals surface area contributed by atoms with E-state index in [1.54, 1.807) is 0 Å². The Bertz CT molecular complexity index is 2650. The van der Waals surface area contributed by atoms with Crippen LogP contribution in [-0.2, 0) is 12.8 Å². The number of nitrogens with zero attached hydrogens (tertiary/aromatic N) is 1. The van der Waals surface area contributed by atoms with Gasteiger partial charge in [-0.25, -0.2) is 0 Å². The van der Waals surface area contributed by atoms with Crippen LogP contribution < -0.4 is 0 Å². The molecule has 0 unspecified atom stereocenters. The number of aromatic nitrogens is 1. The van der Waals surface area contributed by atoms with Crippen LogP contribution in [0.25, 0.3) is 82.1 Å². The third-order valence-electron chi connectivity index (χ3n) is 10.3. The molecule has 0 aliphatic heterocycles. The molecule has 1 heteroatoms. The highest BCUT2D eigenvalue weighted by molar-refractivity contribution is 6.23. The summed E-state index contributed by atoms with van der Waals surface area (Å²) >= 11 is 0. The highest BCUT2D eigenvalue weighted by Gasteiger charge is 2.21. The summed E-state index contributed by atoms with van der Waals surface area (Å²) < 4.78 is 2.48. The van der Waals surface area contributed by atoms with Gasteiger partial charge in [-0.05, 0) is 103 Å². The molecule has 0 saturated carbocycles. The van der Waals surface area contributed by atoms with Crippen molar-refractivity contribution in [1.82, 2.24) is 4.57 Å². The quantitative estimate of drug-likeness (QED) is 0.141. The van der Waals surface area contributed by atoms with Crippen LogP contribution in [0.4, 0.5) is 0 Å². The predicted molar refractivity (Wildman–Crippen MR) is 201 cm³/mol. The number of hydrogen-bond donors (Lipinski definition) is 0. The Labute approximate surface area is 273 Å². The van der Waals surface area contributed by atoms with Crippen molar-refractivity contribution < 1.29 is 0 Å². The van der Waals surface area contributed by atoms with Crippen LogP contribution in [0.15, 0.2) is 164 Å². The van der Waals surface area contributed by atoms with E-state index in [2.05, 4.69) is 168 Å². The Balaban J connectivity index is 1.22. The van der Waals surface area contributed by atoms with Crippen LogP contribution >= 0.6 is 0 Å². The average Bonchev–Trinajstić information content (AvgIpc) is 3.50. The minimum absolute atomic E-state index is 0.979. The summed E-state index contributed by atoms with van der Waals surface area (Å²) in [5, 5.41) is 10.5. The third-order valence-corrected chi connectivity index (χ3v) is 10.3. The van der Waals surface area contributed by atoms with Crippen molar-refractivity contribution in [3.05, 3.63) is 175 Å². The minimum atomic E-state index is 0.979. The molecule has 0 amide bonds. The van der Waals surface area contributed by atoms with Gasteiger partial charge in [0, 0.05) is 16.5 Å². The fraction of sp³-hybridized carbons (Fsp3) is 0.0435. The lowest BCUT2D eigenvalue weighted by Gasteiger charge is -2.18. The van der Waals surface area contributed by atoms with E-state index in [0.717, 1.165) is 12.8 Å². The predicted octanol–water partition coefficient (Wildman–Crippen LogP) is 12.2. The first-order chi connectivity index (χ1) is 23.3. The van der Waals surface area contributed by atoms with Crippen molar-refractivity contribution in [2.75, 3.05) is 0 Å². The van der Waals surface area contributed by atoms with Crippen LogP contribution in [0.5, 0.6) is 0 Å². The minimum Gasteiger partial charge on any atom is -0.309 e. The smallest absolute Gasteiger partial charge is 0.0547 e. The molecule has 0 spiro atoms. The Morgan fingerprint density at radius 2 is 0.915 bits per heavy atom. The molecule has 47 heavy (non-hydrogen) atoms. The summed E-state index contributed by atoms with van der Waals surface area (Å²) in [6, 6.07) is 56.0. The number of rotatable bonds is 3. The van der Waals surface area contributed by atoms with Crippen LogP contribution in [0, 0.1) is 0 Å². The molecule has 1 heterocycles. The summed E-state index contributed by atoms with van der Waals surface area (Å²) in [6.45, 7) is 0. The van der Waals surface area contributed by atoms with Crippen LogP contribution in [0.3, 0.4) is 0 Å². The van der Waals surface area contributed by atoms with E-state index in [0.29, 0.717) is 0 Å². The Morgan fingerprint density at radius 3 is 1.60 bits per heavy atom. The van der Waals surface area contributed by atoms with E-state index in [-0.39, 0.29) is 0 Å². The maximum atomic E-state index is 2.48. The van der Waals surface area contributed by atoms with Crippen LogP contribution in [0.2, 0.25) is 0 Å². The first-order valence-corrected chi connectivity index (χ1v) is 16.6. The molecule has 9 aromatic rings. The molecule has 1 nitrogen and oxygen atoms in total. The Hall–Kier alpha value is -5.92. The molecule has 10 rings (SSSR count). The maximum absolute atomic E-state index is 2.48. The van der Waals surface area contributed by atoms with Crippen molar-refractivity contribution in [3.8, 4) is 27.9 Å². The van der Waals surface area contributed by atoms with Gasteiger partial charge in [-0.2, -0.15) is 0 Å². The van der Waals surface area contributed by atoms with Crippen molar-refractivity contribution in [2.45, 2.75) is 12.8 Å². The summed E-state index contributed by atoms with van der Waals surface area (Å²) in [5.41, 5.74) is 11.7. The topological polar surface area (TPSA) is 4.93 Å². The van der Waals surface area contributed by atoms with Gasteiger partial charge >= 0.3 is 0 Å². The van der Waals surface area contributed by atoms with E-state index < -0.39 is 0 Å². The molecule has 220 valence electrons. The van der Waals surface area contributed by atoms with Crippen molar-refractivity contribution >= 4 is 54.1 Å².